The van der Waals surface area contributed by atoms with Crippen LogP contribution < -0.4 is 11.1 Å². The number of nitrogens with two attached hydrogens (primary N) is 1. The van der Waals surface area contributed by atoms with Gasteiger partial charge in [0.15, 0.2) is 0 Å². The van der Waals surface area contributed by atoms with Crippen molar-refractivity contribution in [2.45, 2.75) is 64.5 Å². The Balaban J connectivity index is 1.80. The van der Waals surface area contributed by atoms with Crippen LogP contribution in [-0.2, 0) is 4.79 Å². The van der Waals surface area contributed by atoms with Gasteiger partial charge in [-0.05, 0) is 38.0 Å². The zero-order chi connectivity index (χ0) is 14.8. The number of nitrogens with one attached hydrogen (secondary N) is 1. The van der Waals surface area contributed by atoms with E-state index in [-0.39, 0.29) is 11.9 Å². The molecular weight excluding hydrogens is 250 g/mol. The summed E-state index contributed by atoms with van der Waals surface area (Å²) in [6.45, 7) is 9.98. The first-order valence-corrected chi connectivity index (χ1v) is 8.21. The summed E-state index contributed by atoms with van der Waals surface area (Å²) in [4.78, 5) is 14.8. The number of nitrogens with zero attached hydrogens (tertiary/aromatic N) is 1. The number of rotatable bonds is 4. The lowest BCUT2D eigenvalue weighted by Crippen LogP contribution is -2.56. The highest BCUT2D eigenvalue weighted by atomic mass is 16.2. The van der Waals surface area contributed by atoms with Crippen molar-refractivity contribution in [2.24, 2.45) is 17.6 Å². The summed E-state index contributed by atoms with van der Waals surface area (Å²) in [5, 5.41) is 3.13. The van der Waals surface area contributed by atoms with Crippen molar-refractivity contribution in [1.29, 1.82) is 0 Å². The molecule has 0 aromatic heterocycles. The van der Waals surface area contributed by atoms with Gasteiger partial charge in [-0.25, -0.2) is 0 Å². The fraction of sp³-hybridized carbons (Fsp3) is 0.938. The molecule has 1 heterocycles. The topological polar surface area (TPSA) is 58.4 Å². The van der Waals surface area contributed by atoms with Gasteiger partial charge in [-0.3, -0.25) is 4.79 Å². The minimum Gasteiger partial charge on any atom is -0.351 e. The summed E-state index contributed by atoms with van der Waals surface area (Å²) in [6, 6.07) is 0.182. The Morgan fingerprint density at radius 3 is 2.40 bits per heavy atom. The summed E-state index contributed by atoms with van der Waals surface area (Å²) in [5.74, 6) is 1.58. The van der Waals surface area contributed by atoms with Crippen LogP contribution in [0.3, 0.4) is 0 Å². The zero-order valence-electron chi connectivity index (χ0n) is 13.3. The van der Waals surface area contributed by atoms with E-state index in [1.807, 2.05) is 0 Å². The molecule has 3 N–H and O–H groups in total. The third kappa shape index (κ3) is 3.95. The molecule has 1 aliphatic heterocycles. The van der Waals surface area contributed by atoms with E-state index in [0.717, 1.165) is 57.2 Å². The molecule has 0 bridgehead atoms. The number of carbonyl (C=O) groups excluding carboxylic acids is 1. The fourth-order valence-corrected chi connectivity index (χ4v) is 3.97. The summed E-state index contributed by atoms with van der Waals surface area (Å²) in [5.41, 5.74) is 5.60. The van der Waals surface area contributed by atoms with Crippen LogP contribution in [-0.4, -0.2) is 42.0 Å². The Kier molecular flexibility index (Phi) is 5.08. The third-order valence-corrected chi connectivity index (χ3v) is 4.80. The summed E-state index contributed by atoms with van der Waals surface area (Å²) in [6.07, 6.45) is 5.16. The van der Waals surface area contributed by atoms with Crippen molar-refractivity contribution in [2.75, 3.05) is 19.6 Å². The molecule has 0 radical (unpaired) electrons. The second-order valence-electron chi connectivity index (χ2n) is 7.40. The number of piperidine rings is 1. The highest BCUT2D eigenvalue weighted by Gasteiger charge is 2.37. The first-order valence-electron chi connectivity index (χ1n) is 8.21. The molecule has 1 aliphatic carbocycles. The van der Waals surface area contributed by atoms with Crippen LogP contribution in [0.4, 0.5) is 0 Å². The summed E-state index contributed by atoms with van der Waals surface area (Å²) < 4.78 is 0. The lowest BCUT2D eigenvalue weighted by atomic mass is 9.91. The van der Waals surface area contributed by atoms with Crippen LogP contribution >= 0.6 is 0 Å². The second-order valence-corrected chi connectivity index (χ2v) is 7.40. The molecule has 0 aromatic rings. The van der Waals surface area contributed by atoms with Crippen LogP contribution in [0.2, 0.25) is 0 Å². The highest BCUT2D eigenvalue weighted by Crippen LogP contribution is 2.27. The molecule has 2 fully saturated rings. The molecule has 0 spiro atoms. The molecule has 3 atom stereocenters. The standard InChI is InChI=1S/C16H31N3O/c1-12-8-13(2)10-19(9-12)11-14(3)18-15(20)16(17)6-4-5-7-16/h12-14H,4-11,17H2,1-3H3,(H,18,20). The van der Waals surface area contributed by atoms with Crippen LogP contribution in [0.5, 0.6) is 0 Å². The van der Waals surface area contributed by atoms with Gasteiger partial charge < -0.3 is 16.0 Å². The van der Waals surface area contributed by atoms with Gasteiger partial charge >= 0.3 is 0 Å². The zero-order valence-corrected chi connectivity index (χ0v) is 13.3. The molecule has 1 saturated carbocycles. The SMILES string of the molecule is CC1CC(C)CN(CC(C)NC(=O)C2(N)CCCC2)C1. The quantitative estimate of drug-likeness (QED) is 0.825. The average molecular weight is 281 g/mol. The maximum atomic E-state index is 12.3. The first kappa shape index (κ1) is 15.8. The van der Waals surface area contributed by atoms with E-state index in [0.29, 0.717) is 0 Å². The maximum absolute atomic E-state index is 12.3. The highest BCUT2D eigenvalue weighted by molar-refractivity contribution is 5.86. The van der Waals surface area contributed by atoms with E-state index < -0.39 is 5.54 Å². The number of hydrogen-bond acceptors (Lipinski definition) is 3. The minimum atomic E-state index is -0.600. The Labute approximate surface area is 123 Å². The van der Waals surface area contributed by atoms with E-state index in [9.17, 15) is 4.79 Å². The van der Waals surface area contributed by atoms with Crippen LogP contribution in [0.25, 0.3) is 0 Å². The normalized spacial score (nSPS) is 32.0. The molecule has 0 aromatic carbocycles. The molecule has 1 saturated heterocycles. The molecule has 3 unspecified atom stereocenters. The third-order valence-electron chi connectivity index (χ3n) is 4.80. The average Bonchev–Trinajstić information content (AvgIpc) is 2.75. The molecular formula is C16H31N3O. The van der Waals surface area contributed by atoms with Crippen LogP contribution in [0.15, 0.2) is 0 Å². The maximum Gasteiger partial charge on any atom is 0.240 e. The van der Waals surface area contributed by atoms with Crippen LogP contribution in [0.1, 0.15) is 52.9 Å². The van der Waals surface area contributed by atoms with Gasteiger partial charge in [0.25, 0.3) is 0 Å². The van der Waals surface area contributed by atoms with E-state index in [4.69, 9.17) is 5.73 Å². The Bertz CT molecular complexity index is 329. The van der Waals surface area contributed by atoms with Crippen molar-refractivity contribution in [3.05, 3.63) is 0 Å². The molecule has 2 aliphatic rings. The second kappa shape index (κ2) is 6.44. The van der Waals surface area contributed by atoms with Gasteiger partial charge in [0.1, 0.15) is 0 Å². The van der Waals surface area contributed by atoms with E-state index in [1.54, 1.807) is 0 Å². The van der Waals surface area contributed by atoms with Crippen molar-refractivity contribution in [1.82, 2.24) is 10.2 Å². The lowest BCUT2D eigenvalue weighted by Gasteiger charge is -2.37. The summed E-state index contributed by atoms with van der Waals surface area (Å²) in [7, 11) is 0. The van der Waals surface area contributed by atoms with Crippen molar-refractivity contribution >= 4 is 5.91 Å². The Hall–Kier alpha value is -0.610. The van der Waals surface area contributed by atoms with Gasteiger partial charge in [0, 0.05) is 25.7 Å². The van der Waals surface area contributed by atoms with E-state index >= 15 is 0 Å². The number of hydrogen-bond donors (Lipinski definition) is 2. The molecule has 2 rings (SSSR count). The van der Waals surface area contributed by atoms with E-state index in [2.05, 4.69) is 31.0 Å². The molecule has 4 nitrogen and oxygen atoms in total. The number of likely N-dealkylation sites (tertiary alicyclic amines) is 1. The summed E-state index contributed by atoms with van der Waals surface area (Å²) >= 11 is 0. The largest absolute Gasteiger partial charge is 0.351 e. The molecule has 116 valence electrons. The Morgan fingerprint density at radius 1 is 1.30 bits per heavy atom. The molecule has 20 heavy (non-hydrogen) atoms. The van der Waals surface area contributed by atoms with Gasteiger partial charge in [0.05, 0.1) is 5.54 Å². The number of amides is 1. The molecule has 4 heteroatoms. The van der Waals surface area contributed by atoms with Gasteiger partial charge in [-0.2, -0.15) is 0 Å². The number of carbonyl (C=O) groups is 1. The predicted molar refractivity (Wildman–Crippen MR) is 82.4 cm³/mol. The van der Waals surface area contributed by atoms with Crippen molar-refractivity contribution in [3.8, 4) is 0 Å². The lowest BCUT2D eigenvalue weighted by molar-refractivity contribution is -0.127. The van der Waals surface area contributed by atoms with Crippen molar-refractivity contribution in [3.63, 3.8) is 0 Å². The first-order chi connectivity index (χ1) is 9.39. The smallest absolute Gasteiger partial charge is 0.240 e. The van der Waals surface area contributed by atoms with Gasteiger partial charge in [-0.1, -0.05) is 26.7 Å². The van der Waals surface area contributed by atoms with Gasteiger partial charge in [-0.15, -0.1) is 0 Å². The van der Waals surface area contributed by atoms with Gasteiger partial charge in [0.2, 0.25) is 5.91 Å². The minimum absolute atomic E-state index is 0.0561. The predicted octanol–water partition coefficient (Wildman–Crippen LogP) is 1.74. The Morgan fingerprint density at radius 2 is 1.85 bits per heavy atom. The monoisotopic (exact) mass is 281 g/mol. The fourth-order valence-electron chi connectivity index (χ4n) is 3.97. The molecule has 1 amide bonds. The van der Waals surface area contributed by atoms with Crippen LogP contribution in [0, 0.1) is 11.8 Å². The van der Waals surface area contributed by atoms with Crippen molar-refractivity contribution < 1.29 is 4.79 Å². The van der Waals surface area contributed by atoms with E-state index in [1.165, 1.54) is 6.42 Å².